The van der Waals surface area contributed by atoms with E-state index in [-0.39, 0.29) is 19.6 Å². The Bertz CT molecular complexity index is 1170. The Balaban J connectivity index is 1.93. The van der Waals surface area contributed by atoms with Gasteiger partial charge in [0.1, 0.15) is 11.7 Å². The molecule has 3 heterocycles. The van der Waals surface area contributed by atoms with E-state index < -0.39 is 18.2 Å². The van der Waals surface area contributed by atoms with Gasteiger partial charge in [0.2, 0.25) is 0 Å². The first-order valence-corrected chi connectivity index (χ1v) is 10.5. The molecule has 1 N–H and O–H groups in total. The molecule has 1 aliphatic rings. The van der Waals surface area contributed by atoms with Crippen molar-refractivity contribution in [3.05, 3.63) is 37.9 Å². The van der Waals surface area contributed by atoms with Crippen molar-refractivity contribution in [2.75, 3.05) is 13.7 Å². The number of methoxy groups -OCH3 is 1. The average Bonchev–Trinajstić information content (AvgIpc) is 3.32. The van der Waals surface area contributed by atoms with E-state index in [0.717, 1.165) is 0 Å². The number of aromatic nitrogens is 4. The van der Waals surface area contributed by atoms with Crippen LogP contribution in [0.3, 0.4) is 0 Å². The summed E-state index contributed by atoms with van der Waals surface area (Å²) in [5.41, 5.74) is 1.59. The van der Waals surface area contributed by atoms with E-state index in [1.807, 2.05) is 0 Å². The number of fused-ring (bicyclic) bond motifs is 2. The summed E-state index contributed by atoms with van der Waals surface area (Å²) in [6, 6.07) is 0.732. The standard InChI is InChI=1S/C18H17BrClFN4O3S/c1-3-28-17(26)15(14-12-4-8(21)6-24(12)18(29)22-14)25-7-9-11(20)5-10(19)16(27-2)13(9)23-25/h5,7-8,15H,3-4,6H2,1-2H3,(H,22,29). The van der Waals surface area contributed by atoms with Crippen molar-refractivity contribution in [1.82, 2.24) is 19.3 Å². The first-order valence-electron chi connectivity index (χ1n) is 8.88. The highest BCUT2D eigenvalue weighted by Gasteiger charge is 2.35. The number of alkyl halides is 1. The lowest BCUT2D eigenvalue weighted by Crippen LogP contribution is -2.25. The molecule has 4 rings (SSSR count). The maximum Gasteiger partial charge on any atom is 0.337 e. The van der Waals surface area contributed by atoms with Crippen molar-refractivity contribution in [2.24, 2.45) is 0 Å². The van der Waals surface area contributed by atoms with Crippen LogP contribution in [-0.4, -0.2) is 45.2 Å². The van der Waals surface area contributed by atoms with Gasteiger partial charge in [-0.3, -0.25) is 4.68 Å². The number of hydrogen-bond donors (Lipinski definition) is 1. The summed E-state index contributed by atoms with van der Waals surface area (Å²) in [6.45, 7) is 2.07. The van der Waals surface area contributed by atoms with Gasteiger partial charge in [-0.25, -0.2) is 9.18 Å². The van der Waals surface area contributed by atoms with Gasteiger partial charge in [-0.1, -0.05) is 11.6 Å². The fraction of sp³-hybridized carbons (Fsp3) is 0.389. The largest absolute Gasteiger partial charge is 0.493 e. The zero-order chi connectivity index (χ0) is 20.9. The molecule has 1 aliphatic heterocycles. The van der Waals surface area contributed by atoms with Gasteiger partial charge in [-0.2, -0.15) is 5.10 Å². The Morgan fingerprint density at radius 1 is 1.59 bits per heavy atom. The highest BCUT2D eigenvalue weighted by Crippen LogP contribution is 2.39. The summed E-state index contributed by atoms with van der Waals surface area (Å²) < 4.78 is 28.9. The van der Waals surface area contributed by atoms with Crippen LogP contribution in [0, 0.1) is 4.77 Å². The molecular formula is C18H17BrClFN4O3S. The molecule has 0 saturated heterocycles. The molecule has 0 radical (unpaired) electrons. The van der Waals surface area contributed by atoms with E-state index in [4.69, 9.17) is 33.3 Å². The maximum atomic E-state index is 14.0. The lowest BCUT2D eigenvalue weighted by atomic mass is 10.1. The van der Waals surface area contributed by atoms with Crippen LogP contribution in [0.2, 0.25) is 5.02 Å². The second-order valence-electron chi connectivity index (χ2n) is 6.60. The monoisotopic (exact) mass is 502 g/mol. The van der Waals surface area contributed by atoms with Gasteiger partial charge in [-0.05, 0) is 41.1 Å². The molecule has 2 unspecified atom stereocenters. The average molecular weight is 504 g/mol. The number of rotatable bonds is 5. The Labute approximate surface area is 183 Å². The third-order valence-corrected chi connectivity index (χ3v) is 6.07. The number of H-pyrrole nitrogens is 1. The maximum absolute atomic E-state index is 14.0. The summed E-state index contributed by atoms with van der Waals surface area (Å²) in [4.78, 5) is 16.0. The third kappa shape index (κ3) is 3.36. The zero-order valence-corrected chi connectivity index (χ0v) is 18.7. The van der Waals surface area contributed by atoms with Crippen molar-refractivity contribution < 1.29 is 18.7 Å². The topological polar surface area (TPSA) is 74.1 Å². The predicted octanol–water partition coefficient (Wildman–Crippen LogP) is 4.37. The van der Waals surface area contributed by atoms with Gasteiger partial charge in [0.05, 0.1) is 35.5 Å². The quantitative estimate of drug-likeness (QED) is 0.413. The molecule has 7 nitrogen and oxygen atoms in total. The molecule has 29 heavy (non-hydrogen) atoms. The van der Waals surface area contributed by atoms with E-state index in [1.54, 1.807) is 23.8 Å². The van der Waals surface area contributed by atoms with Crippen molar-refractivity contribution >= 4 is 56.6 Å². The van der Waals surface area contributed by atoms with Crippen molar-refractivity contribution in [1.29, 1.82) is 0 Å². The number of aromatic amines is 1. The van der Waals surface area contributed by atoms with Crippen molar-refractivity contribution in [3.63, 3.8) is 0 Å². The Morgan fingerprint density at radius 2 is 2.34 bits per heavy atom. The van der Waals surface area contributed by atoms with Crippen LogP contribution in [0.5, 0.6) is 5.75 Å². The Morgan fingerprint density at radius 3 is 3.03 bits per heavy atom. The lowest BCUT2D eigenvalue weighted by molar-refractivity contribution is -0.146. The number of hydrogen-bond acceptors (Lipinski definition) is 5. The van der Waals surface area contributed by atoms with Crippen LogP contribution < -0.4 is 4.74 Å². The van der Waals surface area contributed by atoms with Crippen LogP contribution in [0.15, 0.2) is 16.7 Å². The molecule has 1 aromatic carbocycles. The molecule has 0 aliphatic carbocycles. The summed E-state index contributed by atoms with van der Waals surface area (Å²) in [5.74, 6) is -0.0407. The first kappa shape index (κ1) is 20.4. The summed E-state index contributed by atoms with van der Waals surface area (Å²) in [6.07, 6.45) is 0.760. The second kappa shape index (κ2) is 7.73. The minimum absolute atomic E-state index is 0.161. The first-order chi connectivity index (χ1) is 13.8. The van der Waals surface area contributed by atoms with Gasteiger partial charge in [0.25, 0.3) is 0 Å². The van der Waals surface area contributed by atoms with Gasteiger partial charge >= 0.3 is 5.97 Å². The molecule has 0 bridgehead atoms. The van der Waals surface area contributed by atoms with E-state index >= 15 is 0 Å². The number of nitrogens with one attached hydrogen (secondary N) is 1. The minimum atomic E-state index is -1.05. The SMILES string of the molecule is CCOC(=O)C(c1[nH]c(=S)n2c1CC(F)C2)n1cc2c(Cl)cc(Br)c(OC)c2n1. The van der Waals surface area contributed by atoms with Crippen molar-refractivity contribution in [3.8, 4) is 5.75 Å². The van der Waals surface area contributed by atoms with Crippen LogP contribution in [0.25, 0.3) is 10.9 Å². The van der Waals surface area contributed by atoms with Gasteiger partial charge in [0.15, 0.2) is 16.6 Å². The number of esters is 1. The normalized spacial score (nSPS) is 16.8. The van der Waals surface area contributed by atoms with E-state index in [0.29, 0.717) is 42.3 Å². The number of ether oxygens (including phenoxy) is 2. The molecule has 154 valence electrons. The fourth-order valence-corrected chi connectivity index (χ4v) is 4.89. The third-order valence-electron chi connectivity index (χ3n) is 4.85. The molecule has 11 heteroatoms. The summed E-state index contributed by atoms with van der Waals surface area (Å²) in [7, 11) is 1.52. The molecular weight excluding hydrogens is 487 g/mol. The van der Waals surface area contributed by atoms with Crippen LogP contribution in [0.1, 0.15) is 24.4 Å². The Kier molecular flexibility index (Phi) is 5.43. The van der Waals surface area contributed by atoms with Crippen molar-refractivity contribution in [2.45, 2.75) is 32.1 Å². The zero-order valence-electron chi connectivity index (χ0n) is 15.5. The summed E-state index contributed by atoms with van der Waals surface area (Å²) >= 11 is 15.1. The molecule has 0 saturated carbocycles. The van der Waals surface area contributed by atoms with Crippen LogP contribution >= 0.6 is 39.7 Å². The molecule has 0 amide bonds. The van der Waals surface area contributed by atoms with Gasteiger partial charge < -0.3 is 19.0 Å². The van der Waals surface area contributed by atoms with E-state index in [1.165, 1.54) is 11.8 Å². The number of carbonyl (C=O) groups excluding carboxylic acids is 1. The smallest absolute Gasteiger partial charge is 0.337 e. The number of benzene rings is 1. The number of nitrogens with zero attached hydrogens (tertiary/aromatic N) is 3. The molecule has 0 fully saturated rings. The highest BCUT2D eigenvalue weighted by molar-refractivity contribution is 9.10. The number of halogens is 3. The van der Waals surface area contributed by atoms with Crippen LogP contribution in [-0.2, 0) is 22.5 Å². The Hall–Kier alpha value is -1.91. The summed E-state index contributed by atoms with van der Waals surface area (Å²) in [5, 5.41) is 5.61. The molecule has 2 atom stereocenters. The fourth-order valence-electron chi connectivity index (χ4n) is 3.64. The van der Waals surface area contributed by atoms with Gasteiger partial charge in [-0.15, -0.1) is 0 Å². The predicted molar refractivity (Wildman–Crippen MR) is 112 cm³/mol. The second-order valence-corrected chi connectivity index (χ2v) is 8.25. The minimum Gasteiger partial charge on any atom is -0.493 e. The molecule has 2 aromatic heterocycles. The number of carbonyl (C=O) groups is 1. The molecule has 0 spiro atoms. The van der Waals surface area contributed by atoms with Gasteiger partial charge in [0, 0.05) is 23.7 Å². The van der Waals surface area contributed by atoms with E-state index in [2.05, 4.69) is 26.0 Å². The molecule has 3 aromatic rings. The lowest BCUT2D eigenvalue weighted by Gasteiger charge is -2.16. The highest BCUT2D eigenvalue weighted by atomic mass is 79.9. The van der Waals surface area contributed by atoms with Crippen LogP contribution in [0.4, 0.5) is 4.39 Å². The van der Waals surface area contributed by atoms with E-state index in [9.17, 15) is 9.18 Å². The number of imidazole rings is 1.